The maximum atomic E-state index is 12.4. The summed E-state index contributed by atoms with van der Waals surface area (Å²) >= 11 is 5.78. The average Bonchev–Trinajstić information content (AvgIpc) is 2.49. The highest BCUT2D eigenvalue weighted by molar-refractivity contribution is 7.92. The van der Waals surface area contributed by atoms with E-state index in [1.54, 1.807) is 13.0 Å². The molecule has 0 radical (unpaired) electrons. The van der Waals surface area contributed by atoms with Gasteiger partial charge in [-0.2, -0.15) is 5.26 Å². The lowest BCUT2D eigenvalue weighted by atomic mass is 10.2. The third kappa shape index (κ3) is 3.59. The fourth-order valence-corrected chi connectivity index (χ4v) is 3.15. The number of benzene rings is 2. The second kappa shape index (κ2) is 6.24. The Morgan fingerprint density at radius 3 is 2.52 bits per heavy atom. The number of aryl methyl sites for hydroxylation is 1. The SMILES string of the molecule is Cc1cc([N+](=O)[O-])ccc1NS(=O)(=O)c1ccc(Cl)c(C#N)c1. The molecule has 2 aromatic rings. The molecule has 0 spiro atoms. The summed E-state index contributed by atoms with van der Waals surface area (Å²) in [7, 11) is -3.95. The largest absolute Gasteiger partial charge is 0.279 e. The van der Waals surface area contributed by atoms with E-state index in [4.69, 9.17) is 16.9 Å². The van der Waals surface area contributed by atoms with Crippen molar-refractivity contribution in [1.29, 1.82) is 5.26 Å². The molecule has 23 heavy (non-hydrogen) atoms. The van der Waals surface area contributed by atoms with Gasteiger partial charge in [-0.3, -0.25) is 14.8 Å². The Morgan fingerprint density at radius 2 is 1.96 bits per heavy atom. The smallest absolute Gasteiger partial charge is 0.269 e. The zero-order chi connectivity index (χ0) is 17.2. The first-order valence-electron chi connectivity index (χ1n) is 6.22. The molecule has 0 aliphatic carbocycles. The van der Waals surface area contributed by atoms with Crippen LogP contribution < -0.4 is 4.72 Å². The molecule has 7 nitrogen and oxygen atoms in total. The zero-order valence-corrected chi connectivity index (χ0v) is 13.4. The normalized spacial score (nSPS) is 10.8. The van der Waals surface area contributed by atoms with Gasteiger partial charge in [-0.15, -0.1) is 0 Å². The van der Waals surface area contributed by atoms with Crippen molar-refractivity contribution in [2.75, 3.05) is 4.72 Å². The molecule has 0 heterocycles. The Morgan fingerprint density at radius 1 is 1.26 bits per heavy atom. The van der Waals surface area contributed by atoms with Gasteiger partial charge in [-0.1, -0.05) is 11.6 Å². The van der Waals surface area contributed by atoms with Crippen molar-refractivity contribution in [3.05, 3.63) is 62.7 Å². The molecule has 0 aliphatic rings. The molecule has 0 unspecified atom stereocenters. The van der Waals surface area contributed by atoms with Crippen LogP contribution in [0.1, 0.15) is 11.1 Å². The van der Waals surface area contributed by atoms with Crippen molar-refractivity contribution in [2.24, 2.45) is 0 Å². The maximum Gasteiger partial charge on any atom is 0.269 e. The quantitative estimate of drug-likeness (QED) is 0.671. The lowest BCUT2D eigenvalue weighted by Gasteiger charge is -2.11. The number of nitro benzene ring substituents is 1. The minimum absolute atomic E-state index is 0.0370. The highest BCUT2D eigenvalue weighted by atomic mass is 35.5. The zero-order valence-electron chi connectivity index (χ0n) is 11.8. The first kappa shape index (κ1) is 16.7. The summed E-state index contributed by atoms with van der Waals surface area (Å²) in [5, 5.41) is 19.8. The van der Waals surface area contributed by atoms with E-state index in [0.717, 1.165) is 6.07 Å². The Labute approximate surface area is 137 Å². The molecule has 118 valence electrons. The summed E-state index contributed by atoms with van der Waals surface area (Å²) in [6.07, 6.45) is 0. The van der Waals surface area contributed by atoms with Gasteiger partial charge in [-0.05, 0) is 36.8 Å². The number of nitro groups is 1. The van der Waals surface area contributed by atoms with E-state index < -0.39 is 14.9 Å². The Hall–Kier alpha value is -2.63. The third-order valence-electron chi connectivity index (χ3n) is 3.03. The van der Waals surface area contributed by atoms with Crippen LogP contribution in [0.3, 0.4) is 0 Å². The second-order valence-corrected chi connectivity index (χ2v) is 6.70. The molecular weight excluding hydrogens is 342 g/mol. The van der Waals surface area contributed by atoms with E-state index >= 15 is 0 Å². The number of non-ortho nitro benzene ring substituents is 1. The predicted octanol–water partition coefficient (Wildman–Crippen LogP) is 3.23. The van der Waals surface area contributed by atoms with Crippen LogP contribution in [0.5, 0.6) is 0 Å². The number of halogens is 1. The monoisotopic (exact) mass is 351 g/mol. The number of rotatable bonds is 4. The van der Waals surface area contributed by atoms with Crippen LogP contribution in [-0.2, 0) is 10.0 Å². The van der Waals surface area contributed by atoms with Crippen molar-refractivity contribution in [1.82, 2.24) is 0 Å². The topological polar surface area (TPSA) is 113 Å². The summed E-state index contributed by atoms with van der Waals surface area (Å²) in [6.45, 7) is 1.55. The van der Waals surface area contributed by atoms with E-state index in [1.807, 2.05) is 0 Å². The van der Waals surface area contributed by atoms with Crippen molar-refractivity contribution >= 4 is 33.0 Å². The van der Waals surface area contributed by atoms with Gasteiger partial charge in [0, 0.05) is 12.1 Å². The van der Waals surface area contributed by atoms with E-state index in [-0.39, 0.29) is 26.9 Å². The van der Waals surface area contributed by atoms with Gasteiger partial charge < -0.3 is 0 Å². The van der Waals surface area contributed by atoms with E-state index in [2.05, 4.69) is 4.72 Å². The molecule has 1 N–H and O–H groups in total. The first-order valence-corrected chi connectivity index (χ1v) is 8.08. The Kier molecular flexibility index (Phi) is 4.54. The van der Waals surface area contributed by atoms with Crippen molar-refractivity contribution in [2.45, 2.75) is 11.8 Å². The molecule has 0 amide bonds. The Bertz CT molecular complexity index is 936. The van der Waals surface area contributed by atoms with Crippen molar-refractivity contribution in [3.63, 3.8) is 0 Å². The minimum Gasteiger partial charge on any atom is -0.279 e. The minimum atomic E-state index is -3.95. The van der Waals surface area contributed by atoms with Crippen LogP contribution in [0, 0.1) is 28.4 Å². The molecular formula is C14H10ClN3O4S. The number of nitrogens with one attached hydrogen (secondary N) is 1. The Balaban J connectivity index is 2.39. The molecule has 0 fully saturated rings. The summed E-state index contributed by atoms with van der Waals surface area (Å²) < 4.78 is 27.0. The van der Waals surface area contributed by atoms with Gasteiger partial charge in [0.05, 0.1) is 26.1 Å². The van der Waals surface area contributed by atoms with Crippen LogP contribution >= 0.6 is 11.6 Å². The van der Waals surface area contributed by atoms with Crippen LogP contribution in [0.4, 0.5) is 11.4 Å². The van der Waals surface area contributed by atoms with Gasteiger partial charge in [0.25, 0.3) is 15.7 Å². The molecule has 9 heteroatoms. The highest BCUT2D eigenvalue weighted by Crippen LogP contribution is 2.25. The number of nitriles is 1. The first-order chi connectivity index (χ1) is 10.7. The van der Waals surface area contributed by atoms with Crippen LogP contribution in [0.25, 0.3) is 0 Å². The molecule has 2 aromatic carbocycles. The van der Waals surface area contributed by atoms with Gasteiger partial charge in [0.2, 0.25) is 0 Å². The summed E-state index contributed by atoms with van der Waals surface area (Å²) in [4.78, 5) is 10.0. The molecule has 2 rings (SSSR count). The van der Waals surface area contributed by atoms with E-state index in [0.29, 0.717) is 5.56 Å². The lowest BCUT2D eigenvalue weighted by molar-refractivity contribution is -0.384. The number of hydrogen-bond donors (Lipinski definition) is 1. The van der Waals surface area contributed by atoms with Crippen LogP contribution in [0.2, 0.25) is 5.02 Å². The van der Waals surface area contributed by atoms with Gasteiger partial charge in [-0.25, -0.2) is 8.42 Å². The van der Waals surface area contributed by atoms with Crippen LogP contribution in [0.15, 0.2) is 41.3 Å². The van der Waals surface area contributed by atoms with Crippen molar-refractivity contribution in [3.8, 4) is 6.07 Å². The molecule has 0 saturated heterocycles. The van der Waals surface area contributed by atoms with Gasteiger partial charge in [0.1, 0.15) is 6.07 Å². The maximum absolute atomic E-state index is 12.4. The third-order valence-corrected chi connectivity index (χ3v) is 4.73. The number of anilines is 1. The fourth-order valence-electron chi connectivity index (χ4n) is 1.84. The van der Waals surface area contributed by atoms with E-state index in [9.17, 15) is 18.5 Å². The summed E-state index contributed by atoms with van der Waals surface area (Å²) in [6, 6.07) is 9.33. The van der Waals surface area contributed by atoms with Crippen LogP contribution in [-0.4, -0.2) is 13.3 Å². The van der Waals surface area contributed by atoms with Gasteiger partial charge in [0.15, 0.2) is 0 Å². The number of nitrogens with zero attached hydrogens (tertiary/aromatic N) is 2. The molecule has 0 aliphatic heterocycles. The lowest BCUT2D eigenvalue weighted by Crippen LogP contribution is -2.14. The van der Waals surface area contributed by atoms with E-state index in [1.165, 1.54) is 30.3 Å². The van der Waals surface area contributed by atoms with Gasteiger partial charge >= 0.3 is 0 Å². The number of hydrogen-bond acceptors (Lipinski definition) is 5. The fraction of sp³-hybridized carbons (Fsp3) is 0.0714. The predicted molar refractivity (Wildman–Crippen MR) is 84.8 cm³/mol. The summed E-state index contributed by atoms with van der Waals surface area (Å²) in [5.41, 5.74) is 0.514. The molecule has 0 saturated carbocycles. The molecule has 0 bridgehead atoms. The summed E-state index contributed by atoms with van der Waals surface area (Å²) in [5.74, 6) is 0. The molecule has 0 atom stereocenters. The van der Waals surface area contributed by atoms with Crippen molar-refractivity contribution < 1.29 is 13.3 Å². The standard InChI is InChI=1S/C14H10ClN3O4S/c1-9-6-11(18(19)20)2-5-14(9)17-23(21,22)12-3-4-13(15)10(7-12)8-16/h2-7,17H,1H3. The average molecular weight is 352 g/mol. The molecule has 0 aromatic heterocycles. The second-order valence-electron chi connectivity index (χ2n) is 4.62. The highest BCUT2D eigenvalue weighted by Gasteiger charge is 2.18. The number of sulfonamides is 1.